The molecule has 2 nitrogen and oxygen atoms in total. The topological polar surface area (TPSA) is 26.0 Å². The molecule has 0 saturated carbocycles. The summed E-state index contributed by atoms with van der Waals surface area (Å²) in [5.74, 6) is 0.842. The Morgan fingerprint density at radius 1 is 1.27 bits per heavy atom. The molecule has 0 spiro atoms. The predicted octanol–water partition coefficient (Wildman–Crippen LogP) is 3.73. The lowest BCUT2D eigenvalue weighted by atomic mass is 10.1. The number of fused-ring (bicyclic) bond motifs is 1. The van der Waals surface area contributed by atoms with Gasteiger partial charge in [-0.3, -0.25) is 0 Å². The van der Waals surface area contributed by atoms with E-state index in [9.17, 15) is 0 Å². The third-order valence-electron chi connectivity index (χ3n) is 2.65. The molecule has 0 unspecified atom stereocenters. The normalized spacial score (nSPS) is 11.1. The Hall–Kier alpha value is -1.31. The van der Waals surface area contributed by atoms with Crippen molar-refractivity contribution in [1.29, 1.82) is 0 Å². The van der Waals surface area contributed by atoms with Gasteiger partial charge in [0, 0.05) is 6.42 Å². The van der Waals surface area contributed by atoms with Gasteiger partial charge < -0.3 is 4.42 Å². The molecule has 0 aliphatic rings. The largest absolute Gasteiger partial charge is 0.441 e. The van der Waals surface area contributed by atoms with Gasteiger partial charge in [-0.25, -0.2) is 4.98 Å². The molecule has 1 aromatic carbocycles. The fourth-order valence-corrected chi connectivity index (χ4v) is 1.77. The van der Waals surface area contributed by atoms with Crippen LogP contribution in [0.3, 0.4) is 0 Å². The Balaban J connectivity index is 2.40. The van der Waals surface area contributed by atoms with Crippen LogP contribution in [0.15, 0.2) is 22.6 Å². The molecular weight excluding hydrogens is 186 g/mol. The molecule has 0 fully saturated rings. The fourth-order valence-electron chi connectivity index (χ4n) is 1.77. The SMILES string of the molecule is CCCCc1cccc2oc(CC)nc12. The van der Waals surface area contributed by atoms with E-state index in [0.717, 1.165) is 29.8 Å². The molecule has 2 aromatic rings. The summed E-state index contributed by atoms with van der Waals surface area (Å²) in [5, 5.41) is 0. The highest BCUT2D eigenvalue weighted by atomic mass is 16.3. The van der Waals surface area contributed by atoms with Crippen LogP contribution in [0.1, 0.15) is 38.1 Å². The van der Waals surface area contributed by atoms with Crippen LogP contribution < -0.4 is 0 Å². The standard InChI is InChI=1S/C13H17NO/c1-3-5-7-10-8-6-9-11-13(10)14-12(4-2)15-11/h6,8-9H,3-5,7H2,1-2H3. The van der Waals surface area contributed by atoms with Gasteiger partial charge in [0.25, 0.3) is 0 Å². The zero-order valence-corrected chi connectivity index (χ0v) is 9.42. The summed E-state index contributed by atoms with van der Waals surface area (Å²) in [7, 11) is 0. The lowest BCUT2D eigenvalue weighted by molar-refractivity contribution is 0.538. The maximum atomic E-state index is 5.63. The molecule has 1 heterocycles. The molecule has 0 radical (unpaired) electrons. The van der Waals surface area contributed by atoms with Gasteiger partial charge in [0.2, 0.25) is 0 Å². The number of para-hydroxylation sites is 1. The molecule has 0 N–H and O–H groups in total. The van der Waals surface area contributed by atoms with Crippen LogP contribution in [0.2, 0.25) is 0 Å². The first-order valence-corrected chi connectivity index (χ1v) is 5.72. The van der Waals surface area contributed by atoms with Crippen LogP contribution in [0, 0.1) is 0 Å². The smallest absolute Gasteiger partial charge is 0.195 e. The molecule has 0 bridgehead atoms. The summed E-state index contributed by atoms with van der Waals surface area (Å²) >= 11 is 0. The molecule has 0 saturated heterocycles. The summed E-state index contributed by atoms with van der Waals surface area (Å²) in [6.07, 6.45) is 4.40. The highest BCUT2D eigenvalue weighted by Crippen LogP contribution is 2.21. The molecule has 80 valence electrons. The Bertz CT molecular complexity index is 445. The van der Waals surface area contributed by atoms with E-state index in [4.69, 9.17) is 4.42 Å². The van der Waals surface area contributed by atoms with Crippen molar-refractivity contribution in [2.45, 2.75) is 39.5 Å². The zero-order chi connectivity index (χ0) is 10.7. The number of benzene rings is 1. The van der Waals surface area contributed by atoms with E-state index in [1.54, 1.807) is 0 Å². The molecular formula is C13H17NO. The number of oxazole rings is 1. The van der Waals surface area contributed by atoms with E-state index < -0.39 is 0 Å². The van der Waals surface area contributed by atoms with Crippen LogP contribution in [-0.4, -0.2) is 4.98 Å². The van der Waals surface area contributed by atoms with Crippen LogP contribution >= 0.6 is 0 Å². The molecule has 2 rings (SSSR count). The maximum Gasteiger partial charge on any atom is 0.195 e. The minimum Gasteiger partial charge on any atom is -0.441 e. The van der Waals surface area contributed by atoms with Crippen molar-refractivity contribution in [3.05, 3.63) is 29.7 Å². The van der Waals surface area contributed by atoms with Gasteiger partial charge in [0.15, 0.2) is 11.5 Å². The lowest BCUT2D eigenvalue weighted by Crippen LogP contribution is -1.86. The number of rotatable bonds is 4. The Kier molecular flexibility index (Phi) is 3.05. The second-order valence-corrected chi connectivity index (χ2v) is 3.83. The van der Waals surface area contributed by atoms with Crippen LogP contribution in [0.4, 0.5) is 0 Å². The number of unbranched alkanes of at least 4 members (excludes halogenated alkanes) is 1. The minimum atomic E-state index is 0.842. The van der Waals surface area contributed by atoms with Gasteiger partial charge >= 0.3 is 0 Å². The van der Waals surface area contributed by atoms with E-state index in [2.05, 4.69) is 31.0 Å². The highest BCUT2D eigenvalue weighted by Gasteiger charge is 2.07. The minimum absolute atomic E-state index is 0.842. The second kappa shape index (κ2) is 4.47. The third-order valence-corrected chi connectivity index (χ3v) is 2.65. The molecule has 2 heteroatoms. The van der Waals surface area contributed by atoms with Crippen LogP contribution in [0.25, 0.3) is 11.1 Å². The highest BCUT2D eigenvalue weighted by molar-refractivity contribution is 5.76. The van der Waals surface area contributed by atoms with Gasteiger partial charge in [-0.05, 0) is 24.5 Å². The average Bonchev–Trinajstić information content (AvgIpc) is 2.69. The Morgan fingerprint density at radius 3 is 2.87 bits per heavy atom. The number of hydrogen-bond donors (Lipinski definition) is 0. The van der Waals surface area contributed by atoms with Crippen molar-refractivity contribution in [3.8, 4) is 0 Å². The van der Waals surface area contributed by atoms with Gasteiger partial charge in [0.1, 0.15) is 5.52 Å². The summed E-state index contributed by atoms with van der Waals surface area (Å²) in [6, 6.07) is 6.20. The Morgan fingerprint density at radius 2 is 2.13 bits per heavy atom. The van der Waals surface area contributed by atoms with E-state index in [0.29, 0.717) is 0 Å². The first-order chi connectivity index (χ1) is 7.35. The van der Waals surface area contributed by atoms with Crippen molar-refractivity contribution in [2.24, 2.45) is 0 Å². The van der Waals surface area contributed by atoms with Crippen LogP contribution in [-0.2, 0) is 12.8 Å². The van der Waals surface area contributed by atoms with Gasteiger partial charge in [-0.2, -0.15) is 0 Å². The van der Waals surface area contributed by atoms with Gasteiger partial charge in [-0.15, -0.1) is 0 Å². The van der Waals surface area contributed by atoms with Crippen molar-refractivity contribution in [2.75, 3.05) is 0 Å². The number of aryl methyl sites for hydroxylation is 2. The summed E-state index contributed by atoms with van der Waals surface area (Å²) < 4.78 is 5.63. The molecule has 0 aliphatic heterocycles. The fraction of sp³-hybridized carbons (Fsp3) is 0.462. The summed E-state index contributed by atoms with van der Waals surface area (Å²) in [4.78, 5) is 4.52. The predicted molar refractivity (Wildman–Crippen MR) is 62.0 cm³/mol. The first-order valence-electron chi connectivity index (χ1n) is 5.72. The molecule has 0 aliphatic carbocycles. The van der Waals surface area contributed by atoms with E-state index in [1.807, 2.05) is 6.07 Å². The molecule has 15 heavy (non-hydrogen) atoms. The summed E-state index contributed by atoms with van der Waals surface area (Å²) in [6.45, 7) is 4.27. The summed E-state index contributed by atoms with van der Waals surface area (Å²) in [5.41, 5.74) is 3.31. The molecule has 0 atom stereocenters. The van der Waals surface area contributed by atoms with E-state index in [1.165, 1.54) is 18.4 Å². The maximum absolute atomic E-state index is 5.63. The number of hydrogen-bond acceptors (Lipinski definition) is 2. The van der Waals surface area contributed by atoms with E-state index in [-0.39, 0.29) is 0 Å². The van der Waals surface area contributed by atoms with Crippen molar-refractivity contribution in [1.82, 2.24) is 4.98 Å². The lowest BCUT2D eigenvalue weighted by Gasteiger charge is -1.98. The van der Waals surface area contributed by atoms with Gasteiger partial charge in [-0.1, -0.05) is 32.4 Å². The van der Waals surface area contributed by atoms with Crippen molar-refractivity contribution < 1.29 is 4.42 Å². The monoisotopic (exact) mass is 203 g/mol. The number of nitrogens with zero attached hydrogens (tertiary/aromatic N) is 1. The Labute approximate surface area is 90.3 Å². The van der Waals surface area contributed by atoms with Crippen molar-refractivity contribution >= 4 is 11.1 Å². The van der Waals surface area contributed by atoms with Gasteiger partial charge in [0.05, 0.1) is 0 Å². The molecule has 1 aromatic heterocycles. The number of aromatic nitrogens is 1. The van der Waals surface area contributed by atoms with Crippen molar-refractivity contribution in [3.63, 3.8) is 0 Å². The average molecular weight is 203 g/mol. The second-order valence-electron chi connectivity index (χ2n) is 3.83. The first kappa shape index (κ1) is 10.2. The third kappa shape index (κ3) is 2.04. The molecule has 0 amide bonds. The van der Waals surface area contributed by atoms with E-state index >= 15 is 0 Å². The quantitative estimate of drug-likeness (QED) is 0.756. The van der Waals surface area contributed by atoms with Crippen LogP contribution in [0.5, 0.6) is 0 Å². The zero-order valence-electron chi connectivity index (χ0n) is 9.42.